The van der Waals surface area contributed by atoms with Crippen LogP contribution in [0.15, 0.2) is 0 Å². The van der Waals surface area contributed by atoms with Crippen LogP contribution in [0.2, 0.25) is 0 Å². The summed E-state index contributed by atoms with van der Waals surface area (Å²) in [4.78, 5) is 0.529. The molecule has 0 radical (unpaired) electrons. The van der Waals surface area contributed by atoms with Gasteiger partial charge in [-0.25, -0.2) is 0 Å². The molecule has 0 aromatic carbocycles. The van der Waals surface area contributed by atoms with Gasteiger partial charge < -0.3 is 9.84 Å². The third-order valence-corrected chi connectivity index (χ3v) is 10.5. The summed E-state index contributed by atoms with van der Waals surface area (Å²) < 4.78 is 6.13. The maximum absolute atomic E-state index is 11.5. The second-order valence-electron chi connectivity index (χ2n) is 10.4. The summed E-state index contributed by atoms with van der Waals surface area (Å²) in [5, 5.41) is 11.5. The molecule has 4 saturated carbocycles. The first-order valence-corrected chi connectivity index (χ1v) is 11.0. The average molecular weight is 399 g/mol. The standard InChI is InChI=1S/C21H35BrO2/c1-12(2)14-10-13-11-21(14)9-8-19(3)15(22)6-7-20(4,23)18(19)16(21)17(13)24-5/h12-18,23H,6-11H2,1-5H3/t13-,14-,15-,16-,17-,18-,19+,20+,21-/m0/s1. The van der Waals surface area contributed by atoms with Crippen molar-refractivity contribution in [2.45, 2.75) is 82.8 Å². The van der Waals surface area contributed by atoms with Crippen molar-refractivity contribution < 1.29 is 9.84 Å². The molecule has 0 saturated heterocycles. The maximum atomic E-state index is 11.5. The van der Waals surface area contributed by atoms with Gasteiger partial charge in [-0.05, 0) is 85.9 Å². The van der Waals surface area contributed by atoms with E-state index in [0.29, 0.717) is 34.1 Å². The Bertz CT molecular complexity index is 518. The number of hydrogen-bond donors (Lipinski definition) is 1. The number of hydrogen-bond acceptors (Lipinski definition) is 2. The van der Waals surface area contributed by atoms with Crippen molar-refractivity contribution in [2.75, 3.05) is 7.11 Å². The van der Waals surface area contributed by atoms with Crippen molar-refractivity contribution in [3.05, 3.63) is 0 Å². The molecule has 1 spiro atoms. The first-order valence-electron chi connectivity index (χ1n) is 10.1. The Hall–Kier alpha value is 0.400. The zero-order valence-corrected chi connectivity index (χ0v) is 17.6. The molecule has 4 rings (SSSR count). The lowest BCUT2D eigenvalue weighted by molar-refractivity contribution is -0.208. The molecular formula is C21H35BrO2. The normalized spacial score (nSPS) is 59.5. The van der Waals surface area contributed by atoms with Crippen LogP contribution in [0.1, 0.15) is 66.2 Å². The van der Waals surface area contributed by atoms with Crippen LogP contribution in [0.25, 0.3) is 0 Å². The minimum atomic E-state index is -0.556. The number of halogens is 1. The summed E-state index contributed by atoms with van der Waals surface area (Å²) in [6, 6.07) is 0. The number of fused-ring (bicyclic) bond motifs is 3. The molecule has 0 aromatic heterocycles. The molecule has 0 heterocycles. The molecule has 2 nitrogen and oxygen atoms in total. The summed E-state index contributed by atoms with van der Waals surface area (Å²) in [5.41, 5.74) is 0.0537. The van der Waals surface area contributed by atoms with E-state index >= 15 is 0 Å². The summed E-state index contributed by atoms with van der Waals surface area (Å²) in [5.74, 6) is 3.15. The first kappa shape index (κ1) is 17.8. The van der Waals surface area contributed by atoms with Gasteiger partial charge >= 0.3 is 0 Å². The molecule has 138 valence electrons. The van der Waals surface area contributed by atoms with E-state index in [1.807, 2.05) is 7.11 Å². The van der Waals surface area contributed by atoms with Crippen LogP contribution in [-0.4, -0.2) is 28.7 Å². The molecule has 9 atom stereocenters. The summed E-state index contributed by atoms with van der Waals surface area (Å²) in [6.45, 7) is 9.40. The van der Waals surface area contributed by atoms with Gasteiger partial charge in [0.1, 0.15) is 0 Å². The van der Waals surface area contributed by atoms with E-state index < -0.39 is 5.60 Å². The highest BCUT2D eigenvalue weighted by Crippen LogP contribution is 2.74. The zero-order chi connectivity index (χ0) is 17.5. The molecule has 0 unspecified atom stereocenters. The van der Waals surface area contributed by atoms with E-state index in [-0.39, 0.29) is 5.41 Å². The Kier molecular flexibility index (Phi) is 4.04. The summed E-state index contributed by atoms with van der Waals surface area (Å²) in [7, 11) is 1.92. The second kappa shape index (κ2) is 5.45. The van der Waals surface area contributed by atoms with Gasteiger partial charge in [0, 0.05) is 11.9 Å². The third-order valence-electron chi connectivity index (χ3n) is 8.98. The van der Waals surface area contributed by atoms with Crippen LogP contribution in [0, 0.1) is 40.4 Å². The average Bonchev–Trinajstić information content (AvgIpc) is 3.03. The number of methoxy groups -OCH3 is 1. The first-order chi connectivity index (χ1) is 11.2. The Morgan fingerprint density at radius 3 is 2.50 bits per heavy atom. The minimum absolute atomic E-state index is 0.195. The Balaban J connectivity index is 1.82. The van der Waals surface area contributed by atoms with Crippen LogP contribution < -0.4 is 0 Å². The molecule has 3 heteroatoms. The lowest BCUT2D eigenvalue weighted by Gasteiger charge is -2.64. The van der Waals surface area contributed by atoms with E-state index in [0.717, 1.165) is 24.7 Å². The third kappa shape index (κ3) is 2.07. The predicted octanol–water partition coefficient (Wildman–Crippen LogP) is 5.02. The SMILES string of the molecule is CO[C@H]1[C@H]2C[C@@H](C(C)C)[C@]3(CC[C@]4(C)[C@@H](Br)CC[C@@](C)(O)[C@H]4[C@H]13)C2. The fraction of sp³-hybridized carbons (Fsp3) is 1.00. The van der Waals surface area contributed by atoms with Crippen molar-refractivity contribution in [1.82, 2.24) is 0 Å². The van der Waals surface area contributed by atoms with Gasteiger partial charge in [0.15, 0.2) is 0 Å². The highest BCUT2D eigenvalue weighted by Gasteiger charge is 2.72. The number of alkyl halides is 1. The number of ether oxygens (including phenoxy) is 1. The van der Waals surface area contributed by atoms with Gasteiger partial charge in [-0.2, -0.15) is 0 Å². The monoisotopic (exact) mass is 398 g/mol. The number of rotatable bonds is 2. The van der Waals surface area contributed by atoms with Crippen molar-refractivity contribution in [2.24, 2.45) is 40.4 Å². The zero-order valence-electron chi connectivity index (χ0n) is 16.0. The van der Waals surface area contributed by atoms with E-state index in [9.17, 15) is 5.11 Å². The molecular weight excluding hydrogens is 364 g/mol. The molecule has 4 fully saturated rings. The van der Waals surface area contributed by atoms with Crippen LogP contribution >= 0.6 is 15.9 Å². The quantitative estimate of drug-likeness (QED) is 0.661. The molecule has 4 aliphatic rings. The van der Waals surface area contributed by atoms with Gasteiger partial charge in [-0.3, -0.25) is 0 Å². The lowest BCUT2D eigenvalue weighted by Crippen LogP contribution is -2.64. The Labute approximate surface area is 156 Å². The number of aliphatic hydroxyl groups is 1. The van der Waals surface area contributed by atoms with E-state index in [1.165, 1.54) is 25.7 Å². The molecule has 2 bridgehead atoms. The van der Waals surface area contributed by atoms with Gasteiger partial charge in [0.2, 0.25) is 0 Å². The molecule has 0 aliphatic heterocycles. The predicted molar refractivity (Wildman–Crippen MR) is 101 cm³/mol. The Morgan fingerprint density at radius 2 is 1.88 bits per heavy atom. The highest BCUT2D eigenvalue weighted by atomic mass is 79.9. The fourth-order valence-electron chi connectivity index (χ4n) is 8.21. The molecule has 0 aromatic rings. The van der Waals surface area contributed by atoms with E-state index in [1.54, 1.807) is 0 Å². The van der Waals surface area contributed by atoms with Crippen LogP contribution in [0.3, 0.4) is 0 Å². The highest BCUT2D eigenvalue weighted by molar-refractivity contribution is 9.09. The fourth-order valence-corrected chi connectivity index (χ4v) is 8.95. The second-order valence-corrected chi connectivity index (χ2v) is 11.5. The van der Waals surface area contributed by atoms with Crippen molar-refractivity contribution in [3.63, 3.8) is 0 Å². The molecule has 24 heavy (non-hydrogen) atoms. The summed E-state index contributed by atoms with van der Waals surface area (Å²) >= 11 is 4.02. The van der Waals surface area contributed by atoms with E-state index in [2.05, 4.69) is 43.6 Å². The Morgan fingerprint density at radius 1 is 1.17 bits per heavy atom. The van der Waals surface area contributed by atoms with Crippen LogP contribution in [0.4, 0.5) is 0 Å². The van der Waals surface area contributed by atoms with Crippen molar-refractivity contribution >= 4 is 15.9 Å². The van der Waals surface area contributed by atoms with Crippen LogP contribution in [0.5, 0.6) is 0 Å². The lowest BCUT2D eigenvalue weighted by atomic mass is 9.43. The molecule has 4 aliphatic carbocycles. The largest absolute Gasteiger partial charge is 0.390 e. The van der Waals surface area contributed by atoms with E-state index in [4.69, 9.17) is 4.74 Å². The summed E-state index contributed by atoms with van der Waals surface area (Å²) in [6.07, 6.45) is 7.64. The molecule has 0 amide bonds. The van der Waals surface area contributed by atoms with Crippen molar-refractivity contribution in [3.8, 4) is 0 Å². The smallest absolute Gasteiger partial charge is 0.0657 e. The van der Waals surface area contributed by atoms with Gasteiger partial charge in [-0.15, -0.1) is 0 Å². The molecule has 1 N–H and O–H groups in total. The van der Waals surface area contributed by atoms with Gasteiger partial charge in [0.25, 0.3) is 0 Å². The topological polar surface area (TPSA) is 29.5 Å². The van der Waals surface area contributed by atoms with Gasteiger partial charge in [-0.1, -0.05) is 36.7 Å². The minimum Gasteiger partial charge on any atom is -0.390 e. The van der Waals surface area contributed by atoms with Crippen molar-refractivity contribution in [1.29, 1.82) is 0 Å². The maximum Gasteiger partial charge on any atom is 0.0657 e. The van der Waals surface area contributed by atoms with Gasteiger partial charge in [0.05, 0.1) is 11.7 Å². The van der Waals surface area contributed by atoms with Crippen LogP contribution in [-0.2, 0) is 4.74 Å².